The summed E-state index contributed by atoms with van der Waals surface area (Å²) >= 11 is 5.89. The molecule has 1 rings (SSSR count). The summed E-state index contributed by atoms with van der Waals surface area (Å²) in [6.07, 6.45) is 2.05. The van der Waals surface area contributed by atoms with Crippen LogP contribution in [0.3, 0.4) is 0 Å². The largest absolute Gasteiger partial charge is 0.354 e. The van der Waals surface area contributed by atoms with Crippen molar-refractivity contribution in [2.45, 2.75) is 51.8 Å². The molecule has 0 amide bonds. The van der Waals surface area contributed by atoms with E-state index in [-0.39, 0.29) is 5.38 Å². The van der Waals surface area contributed by atoms with Crippen LogP contribution < -0.4 is 5.32 Å². The molecule has 17 heavy (non-hydrogen) atoms. The Morgan fingerprint density at radius 3 is 2.59 bits per heavy atom. The van der Waals surface area contributed by atoms with Crippen LogP contribution in [0.15, 0.2) is 6.07 Å². The molecule has 0 aliphatic rings. The van der Waals surface area contributed by atoms with E-state index in [2.05, 4.69) is 29.1 Å². The summed E-state index contributed by atoms with van der Waals surface area (Å²) in [5, 5.41) is 3.49. The highest BCUT2D eigenvalue weighted by Crippen LogP contribution is 2.14. The molecule has 1 aromatic rings. The molecular weight excluding hydrogens is 234 g/mol. The SMILES string of the molecule is Cc1cc(C(C)C)nc(NCCCC(C)Cl)n1. The van der Waals surface area contributed by atoms with Crippen molar-refractivity contribution in [2.24, 2.45) is 0 Å². The van der Waals surface area contributed by atoms with Gasteiger partial charge in [-0.2, -0.15) is 0 Å². The van der Waals surface area contributed by atoms with Gasteiger partial charge in [0.1, 0.15) is 0 Å². The fraction of sp³-hybridized carbons (Fsp3) is 0.692. The molecule has 1 heterocycles. The molecule has 1 N–H and O–H groups in total. The fourth-order valence-electron chi connectivity index (χ4n) is 1.55. The van der Waals surface area contributed by atoms with Crippen molar-refractivity contribution in [1.29, 1.82) is 0 Å². The van der Waals surface area contributed by atoms with Crippen molar-refractivity contribution in [2.75, 3.05) is 11.9 Å². The Kier molecular flexibility index (Phi) is 5.69. The normalized spacial score (nSPS) is 12.8. The van der Waals surface area contributed by atoms with Crippen LogP contribution in [0.1, 0.15) is 50.9 Å². The second kappa shape index (κ2) is 6.80. The van der Waals surface area contributed by atoms with E-state index in [0.29, 0.717) is 5.92 Å². The summed E-state index contributed by atoms with van der Waals surface area (Å²) < 4.78 is 0. The Bertz CT molecular complexity index is 351. The number of nitrogens with one attached hydrogen (secondary N) is 1. The van der Waals surface area contributed by atoms with Gasteiger partial charge in [-0.25, -0.2) is 9.97 Å². The van der Waals surface area contributed by atoms with Gasteiger partial charge in [-0.05, 0) is 38.7 Å². The number of nitrogens with zero attached hydrogens (tertiary/aromatic N) is 2. The van der Waals surface area contributed by atoms with Crippen LogP contribution >= 0.6 is 11.6 Å². The molecule has 0 radical (unpaired) electrons. The third kappa shape index (κ3) is 5.35. The van der Waals surface area contributed by atoms with E-state index in [1.54, 1.807) is 0 Å². The van der Waals surface area contributed by atoms with Gasteiger partial charge in [0.2, 0.25) is 5.95 Å². The molecule has 0 aromatic carbocycles. The lowest BCUT2D eigenvalue weighted by Gasteiger charge is -2.10. The Hall–Kier alpha value is -0.830. The van der Waals surface area contributed by atoms with E-state index in [9.17, 15) is 0 Å². The fourth-order valence-corrected chi connectivity index (χ4v) is 1.71. The summed E-state index contributed by atoms with van der Waals surface area (Å²) in [6.45, 7) is 9.17. The first-order chi connectivity index (χ1) is 7.99. The van der Waals surface area contributed by atoms with Crippen molar-refractivity contribution in [3.63, 3.8) is 0 Å². The van der Waals surface area contributed by atoms with Crippen LogP contribution in [0.2, 0.25) is 0 Å². The minimum atomic E-state index is 0.237. The van der Waals surface area contributed by atoms with E-state index in [1.807, 2.05) is 19.9 Å². The van der Waals surface area contributed by atoms with Crippen molar-refractivity contribution in [1.82, 2.24) is 9.97 Å². The number of aryl methyl sites for hydroxylation is 1. The van der Waals surface area contributed by atoms with Crippen LogP contribution in [0.25, 0.3) is 0 Å². The van der Waals surface area contributed by atoms with Crippen molar-refractivity contribution < 1.29 is 0 Å². The minimum absolute atomic E-state index is 0.237. The van der Waals surface area contributed by atoms with Gasteiger partial charge in [-0.3, -0.25) is 0 Å². The zero-order valence-corrected chi connectivity index (χ0v) is 11.9. The van der Waals surface area contributed by atoms with Gasteiger partial charge in [-0.1, -0.05) is 13.8 Å². The van der Waals surface area contributed by atoms with E-state index < -0.39 is 0 Å². The quantitative estimate of drug-likeness (QED) is 0.622. The second-order valence-electron chi connectivity index (χ2n) is 4.76. The van der Waals surface area contributed by atoms with Gasteiger partial charge < -0.3 is 5.32 Å². The zero-order chi connectivity index (χ0) is 12.8. The average Bonchev–Trinajstić information content (AvgIpc) is 2.23. The lowest BCUT2D eigenvalue weighted by molar-refractivity contribution is 0.743. The molecule has 0 bridgehead atoms. The first-order valence-corrected chi connectivity index (χ1v) is 6.66. The van der Waals surface area contributed by atoms with E-state index in [1.165, 1.54) is 0 Å². The van der Waals surface area contributed by atoms with Gasteiger partial charge in [0.15, 0.2) is 0 Å². The van der Waals surface area contributed by atoms with Crippen molar-refractivity contribution in [3.8, 4) is 0 Å². The van der Waals surface area contributed by atoms with E-state index >= 15 is 0 Å². The van der Waals surface area contributed by atoms with Crippen LogP contribution in [0.5, 0.6) is 0 Å². The zero-order valence-electron chi connectivity index (χ0n) is 11.1. The number of rotatable bonds is 6. The predicted octanol–water partition coefficient (Wildman–Crippen LogP) is 3.73. The lowest BCUT2D eigenvalue weighted by Crippen LogP contribution is -2.09. The Morgan fingerprint density at radius 1 is 1.29 bits per heavy atom. The summed E-state index contributed by atoms with van der Waals surface area (Å²) in [5.74, 6) is 1.16. The molecule has 0 aliphatic carbocycles. The van der Waals surface area contributed by atoms with Crippen LogP contribution in [0, 0.1) is 6.92 Å². The molecular formula is C13H22ClN3. The highest BCUT2D eigenvalue weighted by molar-refractivity contribution is 6.20. The molecule has 0 spiro atoms. The smallest absolute Gasteiger partial charge is 0.223 e. The highest BCUT2D eigenvalue weighted by atomic mass is 35.5. The predicted molar refractivity (Wildman–Crippen MR) is 73.9 cm³/mol. The van der Waals surface area contributed by atoms with Gasteiger partial charge in [-0.15, -0.1) is 11.6 Å². The summed E-state index contributed by atoms with van der Waals surface area (Å²) in [5.41, 5.74) is 2.10. The summed E-state index contributed by atoms with van der Waals surface area (Å²) in [4.78, 5) is 8.87. The van der Waals surface area contributed by atoms with E-state index in [0.717, 1.165) is 36.7 Å². The molecule has 0 aliphatic heterocycles. The monoisotopic (exact) mass is 255 g/mol. The van der Waals surface area contributed by atoms with Gasteiger partial charge in [0, 0.05) is 23.3 Å². The number of anilines is 1. The summed E-state index contributed by atoms with van der Waals surface area (Å²) in [7, 11) is 0. The van der Waals surface area contributed by atoms with Crippen LogP contribution in [0.4, 0.5) is 5.95 Å². The topological polar surface area (TPSA) is 37.8 Å². The lowest BCUT2D eigenvalue weighted by atomic mass is 10.1. The van der Waals surface area contributed by atoms with Crippen molar-refractivity contribution >= 4 is 17.5 Å². The molecule has 1 atom stereocenters. The maximum atomic E-state index is 5.89. The molecule has 4 heteroatoms. The molecule has 3 nitrogen and oxygen atoms in total. The third-order valence-corrected chi connectivity index (χ3v) is 2.75. The van der Waals surface area contributed by atoms with E-state index in [4.69, 9.17) is 11.6 Å². The standard InChI is InChI=1S/C13H22ClN3/c1-9(2)12-8-11(4)16-13(17-12)15-7-5-6-10(3)14/h8-10H,5-7H2,1-4H3,(H,15,16,17). The number of aromatic nitrogens is 2. The number of halogens is 1. The second-order valence-corrected chi connectivity index (χ2v) is 5.51. The molecule has 1 aromatic heterocycles. The molecule has 0 saturated heterocycles. The Morgan fingerprint density at radius 2 is 2.00 bits per heavy atom. The third-order valence-electron chi connectivity index (χ3n) is 2.53. The highest BCUT2D eigenvalue weighted by Gasteiger charge is 2.05. The Labute approximate surface area is 109 Å². The maximum Gasteiger partial charge on any atom is 0.223 e. The number of hydrogen-bond donors (Lipinski definition) is 1. The molecule has 0 saturated carbocycles. The first kappa shape index (κ1) is 14.2. The number of hydrogen-bond acceptors (Lipinski definition) is 3. The van der Waals surface area contributed by atoms with Gasteiger partial charge >= 0.3 is 0 Å². The molecule has 1 unspecified atom stereocenters. The van der Waals surface area contributed by atoms with Crippen molar-refractivity contribution in [3.05, 3.63) is 17.5 Å². The molecule has 0 fully saturated rings. The van der Waals surface area contributed by atoms with Crippen LogP contribution in [-0.2, 0) is 0 Å². The Balaban J connectivity index is 2.53. The average molecular weight is 256 g/mol. The number of alkyl halides is 1. The van der Waals surface area contributed by atoms with Crippen LogP contribution in [-0.4, -0.2) is 21.9 Å². The van der Waals surface area contributed by atoms with Gasteiger partial charge in [0.25, 0.3) is 0 Å². The van der Waals surface area contributed by atoms with Gasteiger partial charge in [0.05, 0.1) is 0 Å². The minimum Gasteiger partial charge on any atom is -0.354 e. The summed E-state index contributed by atoms with van der Waals surface area (Å²) in [6, 6.07) is 2.04. The first-order valence-electron chi connectivity index (χ1n) is 6.22. The molecule has 96 valence electrons. The maximum absolute atomic E-state index is 5.89.